The maximum absolute atomic E-state index is 13.9. The quantitative estimate of drug-likeness (QED) is 0.151. The number of hydrogen-bond acceptors (Lipinski definition) is 6. The lowest BCUT2D eigenvalue weighted by Crippen LogP contribution is -2.14. The maximum Gasteiger partial charge on any atom is 0.269 e. The van der Waals surface area contributed by atoms with Crippen molar-refractivity contribution in [3.05, 3.63) is 87.1 Å². The highest BCUT2D eigenvalue weighted by Gasteiger charge is 2.14. The number of rotatable bonds is 6. The van der Waals surface area contributed by atoms with E-state index in [0.29, 0.717) is 27.4 Å². The van der Waals surface area contributed by atoms with Crippen LogP contribution in [-0.2, 0) is 4.79 Å². The Morgan fingerprint density at radius 3 is 2.47 bits per heavy atom. The van der Waals surface area contributed by atoms with Crippen LogP contribution < -0.4 is 5.32 Å². The molecule has 0 spiro atoms. The molecular weight excluding hydrogens is 499 g/mol. The van der Waals surface area contributed by atoms with Crippen LogP contribution in [0.15, 0.2) is 76.2 Å². The molecule has 1 N–H and O–H groups in total. The largest absolute Gasteiger partial charge is 0.325 e. The Bertz CT molecular complexity index is 1320. The van der Waals surface area contributed by atoms with E-state index >= 15 is 0 Å². The zero-order valence-electron chi connectivity index (χ0n) is 16.3. The number of thioether (sulfide) groups is 1. The van der Waals surface area contributed by atoms with E-state index in [9.17, 15) is 19.3 Å². The van der Waals surface area contributed by atoms with Crippen molar-refractivity contribution in [1.82, 2.24) is 9.97 Å². The van der Waals surface area contributed by atoms with Gasteiger partial charge in [-0.2, -0.15) is 0 Å². The third-order valence-corrected chi connectivity index (χ3v) is 5.95. The third kappa shape index (κ3) is 5.09. The second kappa shape index (κ2) is 9.41. The van der Waals surface area contributed by atoms with Crippen LogP contribution in [0.4, 0.5) is 15.8 Å². The lowest BCUT2D eigenvalue weighted by Gasteiger charge is -2.09. The standard InChI is InChI=1S/C22H14BrFN4O3S/c23-14-3-1-13(2-4-14)21-26-19-10-5-15(24)11-18(19)22(27-21)32-12-20(29)25-16-6-8-17(9-7-16)28(30)31/h1-11H,12H2,(H,25,29). The molecular formula is C22H14BrFN4O3S. The molecule has 4 rings (SSSR count). The van der Waals surface area contributed by atoms with E-state index in [1.807, 2.05) is 24.3 Å². The number of carbonyl (C=O) groups is 1. The molecule has 0 aliphatic heterocycles. The zero-order chi connectivity index (χ0) is 22.7. The molecule has 4 aromatic rings. The molecule has 3 aromatic carbocycles. The van der Waals surface area contributed by atoms with Crippen LogP contribution in [0.25, 0.3) is 22.3 Å². The van der Waals surface area contributed by atoms with E-state index in [1.54, 1.807) is 6.07 Å². The van der Waals surface area contributed by atoms with E-state index in [0.717, 1.165) is 21.8 Å². The number of aromatic nitrogens is 2. The number of nitrogens with zero attached hydrogens (tertiary/aromatic N) is 3. The molecule has 0 saturated carbocycles. The first-order valence-electron chi connectivity index (χ1n) is 9.29. The van der Waals surface area contributed by atoms with Gasteiger partial charge in [-0.05, 0) is 42.5 Å². The Labute approximate surface area is 194 Å². The number of nitro benzene ring substituents is 1. The normalized spacial score (nSPS) is 10.8. The predicted octanol–water partition coefficient (Wildman–Crippen LogP) is 5.84. The van der Waals surface area contributed by atoms with Gasteiger partial charge in [-0.25, -0.2) is 14.4 Å². The summed E-state index contributed by atoms with van der Waals surface area (Å²) < 4.78 is 14.8. The van der Waals surface area contributed by atoms with E-state index in [2.05, 4.69) is 31.2 Å². The summed E-state index contributed by atoms with van der Waals surface area (Å²) in [6.45, 7) is 0. The Balaban J connectivity index is 1.57. The summed E-state index contributed by atoms with van der Waals surface area (Å²) in [6.07, 6.45) is 0. The van der Waals surface area contributed by atoms with Crippen LogP contribution in [0.2, 0.25) is 0 Å². The van der Waals surface area contributed by atoms with Crippen LogP contribution >= 0.6 is 27.7 Å². The summed E-state index contributed by atoms with van der Waals surface area (Å²) in [7, 11) is 0. The van der Waals surface area contributed by atoms with Gasteiger partial charge in [0.2, 0.25) is 5.91 Å². The summed E-state index contributed by atoms with van der Waals surface area (Å²) in [5.74, 6) is -0.263. The molecule has 0 aliphatic carbocycles. The summed E-state index contributed by atoms with van der Waals surface area (Å²) in [5.41, 5.74) is 1.73. The molecule has 0 atom stereocenters. The van der Waals surface area contributed by atoms with Gasteiger partial charge >= 0.3 is 0 Å². The van der Waals surface area contributed by atoms with E-state index < -0.39 is 10.7 Å². The van der Waals surface area contributed by atoms with Gasteiger partial charge in [0, 0.05) is 33.2 Å². The summed E-state index contributed by atoms with van der Waals surface area (Å²) in [5, 5.41) is 14.4. The first-order valence-corrected chi connectivity index (χ1v) is 11.1. The summed E-state index contributed by atoms with van der Waals surface area (Å²) in [4.78, 5) is 31.7. The second-order valence-electron chi connectivity index (χ2n) is 6.66. The van der Waals surface area contributed by atoms with Gasteiger partial charge in [-0.3, -0.25) is 14.9 Å². The van der Waals surface area contributed by atoms with Gasteiger partial charge in [0.1, 0.15) is 10.8 Å². The number of halogens is 2. The Morgan fingerprint density at radius 2 is 1.78 bits per heavy atom. The minimum atomic E-state index is -0.510. The summed E-state index contributed by atoms with van der Waals surface area (Å²) >= 11 is 4.55. The molecule has 0 aliphatic rings. The molecule has 0 saturated heterocycles. The predicted molar refractivity (Wildman–Crippen MR) is 125 cm³/mol. The lowest BCUT2D eigenvalue weighted by molar-refractivity contribution is -0.384. The van der Waals surface area contributed by atoms with Crippen LogP contribution in [0, 0.1) is 15.9 Å². The number of benzene rings is 3. The highest BCUT2D eigenvalue weighted by atomic mass is 79.9. The number of carbonyl (C=O) groups excluding carboxylic acids is 1. The molecule has 10 heteroatoms. The van der Waals surface area contributed by atoms with Crippen molar-refractivity contribution in [2.24, 2.45) is 0 Å². The fraction of sp³-hybridized carbons (Fsp3) is 0.0455. The van der Waals surface area contributed by atoms with Crippen molar-refractivity contribution in [3.8, 4) is 11.4 Å². The monoisotopic (exact) mass is 512 g/mol. The molecule has 32 heavy (non-hydrogen) atoms. The summed E-state index contributed by atoms with van der Waals surface area (Å²) in [6, 6.07) is 17.3. The number of non-ortho nitro benzene ring substituents is 1. The molecule has 7 nitrogen and oxygen atoms in total. The van der Waals surface area contributed by atoms with E-state index in [1.165, 1.54) is 36.4 Å². The van der Waals surface area contributed by atoms with Crippen molar-refractivity contribution in [2.45, 2.75) is 5.03 Å². The highest BCUT2D eigenvalue weighted by molar-refractivity contribution is 9.10. The fourth-order valence-electron chi connectivity index (χ4n) is 2.91. The van der Waals surface area contributed by atoms with Crippen molar-refractivity contribution in [3.63, 3.8) is 0 Å². The van der Waals surface area contributed by atoms with Crippen LogP contribution in [0.5, 0.6) is 0 Å². The molecule has 1 aromatic heterocycles. The molecule has 1 heterocycles. The highest BCUT2D eigenvalue weighted by Crippen LogP contribution is 2.29. The molecule has 0 unspecified atom stereocenters. The van der Waals surface area contributed by atoms with Gasteiger partial charge in [0.25, 0.3) is 5.69 Å². The number of anilines is 1. The van der Waals surface area contributed by atoms with Gasteiger partial charge in [-0.1, -0.05) is 39.8 Å². The van der Waals surface area contributed by atoms with Crippen LogP contribution in [0.3, 0.4) is 0 Å². The van der Waals surface area contributed by atoms with Crippen molar-refractivity contribution in [1.29, 1.82) is 0 Å². The van der Waals surface area contributed by atoms with Crippen molar-refractivity contribution in [2.75, 3.05) is 11.1 Å². The topological polar surface area (TPSA) is 98.0 Å². The molecule has 0 radical (unpaired) electrons. The Kier molecular flexibility index (Phi) is 6.42. The minimum absolute atomic E-state index is 0.0133. The SMILES string of the molecule is O=C(CSc1nc(-c2ccc(Br)cc2)nc2ccc(F)cc12)Nc1ccc([N+](=O)[O-])cc1. The molecule has 160 valence electrons. The number of fused-ring (bicyclic) bond motifs is 1. The smallest absolute Gasteiger partial charge is 0.269 e. The van der Waals surface area contributed by atoms with Crippen molar-refractivity contribution < 1.29 is 14.1 Å². The third-order valence-electron chi connectivity index (χ3n) is 4.43. The van der Waals surface area contributed by atoms with E-state index in [4.69, 9.17) is 0 Å². The van der Waals surface area contributed by atoms with Crippen LogP contribution in [-0.4, -0.2) is 26.6 Å². The molecule has 1 amide bonds. The average molecular weight is 513 g/mol. The first-order chi connectivity index (χ1) is 15.4. The molecule has 0 fully saturated rings. The number of amides is 1. The number of nitro groups is 1. The first kappa shape index (κ1) is 21.8. The van der Waals surface area contributed by atoms with Crippen LogP contribution in [0.1, 0.15) is 0 Å². The minimum Gasteiger partial charge on any atom is -0.325 e. The van der Waals surface area contributed by atoms with Gasteiger partial charge in [0.15, 0.2) is 5.82 Å². The second-order valence-corrected chi connectivity index (χ2v) is 8.54. The Morgan fingerprint density at radius 1 is 1.06 bits per heavy atom. The molecule has 0 bridgehead atoms. The van der Waals surface area contributed by atoms with Gasteiger partial charge in [-0.15, -0.1) is 0 Å². The number of nitrogens with one attached hydrogen (secondary N) is 1. The maximum atomic E-state index is 13.9. The number of hydrogen-bond donors (Lipinski definition) is 1. The Hall–Kier alpha value is -3.37. The van der Waals surface area contributed by atoms with Gasteiger partial charge < -0.3 is 5.32 Å². The van der Waals surface area contributed by atoms with Gasteiger partial charge in [0.05, 0.1) is 16.2 Å². The van der Waals surface area contributed by atoms with E-state index in [-0.39, 0.29) is 17.3 Å². The fourth-order valence-corrected chi connectivity index (χ4v) is 3.98. The van der Waals surface area contributed by atoms with Crippen molar-refractivity contribution >= 4 is 55.9 Å². The average Bonchev–Trinajstić information content (AvgIpc) is 2.78. The zero-order valence-corrected chi connectivity index (χ0v) is 18.7. The lowest BCUT2D eigenvalue weighted by atomic mass is 10.2.